The SMILES string of the molecule is COC(=O)c1ccc(N2CCN(CC3=C(c4ccc(Cl)cc4)CC[C@@](C)(C(=O)O)C3)CC2)cc1Oc1cnc2[nH]ccc2c1. The van der Waals surface area contributed by atoms with Gasteiger partial charge in [0, 0.05) is 61.1 Å². The summed E-state index contributed by atoms with van der Waals surface area (Å²) in [6.07, 6.45) is 5.30. The Labute approximate surface area is 261 Å². The Bertz CT molecular complexity index is 1730. The molecule has 228 valence electrons. The number of nitrogens with one attached hydrogen (secondary N) is 1. The summed E-state index contributed by atoms with van der Waals surface area (Å²) >= 11 is 6.15. The van der Waals surface area contributed by atoms with E-state index in [0.717, 1.165) is 61.4 Å². The van der Waals surface area contributed by atoms with Crippen LogP contribution in [-0.4, -0.2) is 71.7 Å². The molecule has 10 heteroatoms. The summed E-state index contributed by atoms with van der Waals surface area (Å²) in [5.41, 5.74) is 4.79. The number of halogens is 1. The number of ether oxygens (including phenoxy) is 2. The number of aromatic amines is 1. The van der Waals surface area contributed by atoms with Crippen LogP contribution >= 0.6 is 11.6 Å². The Balaban J connectivity index is 1.19. The number of carbonyl (C=O) groups excluding carboxylic acids is 1. The van der Waals surface area contributed by atoms with Crippen molar-refractivity contribution in [2.75, 3.05) is 44.7 Å². The molecular weight excluding hydrogens is 580 g/mol. The predicted octanol–water partition coefficient (Wildman–Crippen LogP) is 6.65. The lowest BCUT2D eigenvalue weighted by Crippen LogP contribution is -2.47. The number of pyridine rings is 1. The third-order valence-electron chi connectivity index (χ3n) is 8.79. The zero-order valence-corrected chi connectivity index (χ0v) is 25.6. The highest BCUT2D eigenvalue weighted by Gasteiger charge is 2.38. The van der Waals surface area contributed by atoms with E-state index in [2.05, 4.69) is 19.8 Å². The smallest absolute Gasteiger partial charge is 0.341 e. The molecule has 9 nitrogen and oxygen atoms in total. The van der Waals surface area contributed by atoms with E-state index in [9.17, 15) is 14.7 Å². The molecule has 2 aromatic heterocycles. The summed E-state index contributed by atoms with van der Waals surface area (Å²) in [5, 5.41) is 11.6. The number of H-pyrrole nitrogens is 1. The first-order chi connectivity index (χ1) is 21.2. The number of hydrogen-bond acceptors (Lipinski definition) is 7. The summed E-state index contributed by atoms with van der Waals surface area (Å²) in [7, 11) is 1.35. The van der Waals surface area contributed by atoms with Crippen LogP contribution in [-0.2, 0) is 9.53 Å². The third kappa shape index (κ3) is 6.16. The van der Waals surface area contributed by atoms with E-state index in [1.165, 1.54) is 18.3 Å². The molecule has 0 bridgehead atoms. The zero-order valence-electron chi connectivity index (χ0n) is 24.8. The van der Waals surface area contributed by atoms with E-state index in [0.29, 0.717) is 34.9 Å². The number of fused-ring (bicyclic) bond motifs is 1. The van der Waals surface area contributed by atoms with Gasteiger partial charge in [-0.3, -0.25) is 9.69 Å². The lowest BCUT2D eigenvalue weighted by atomic mass is 9.71. The number of hydrogen-bond donors (Lipinski definition) is 2. The number of benzene rings is 2. The van der Waals surface area contributed by atoms with Gasteiger partial charge in [-0.25, -0.2) is 9.78 Å². The largest absolute Gasteiger partial charge is 0.481 e. The van der Waals surface area contributed by atoms with Crippen molar-refractivity contribution >= 4 is 45.8 Å². The standard InChI is InChI=1S/C34H35ClN4O5/c1-34(33(41)42)11-9-28(22-3-5-25(35)6-4-22)24(19-34)21-38-13-15-39(16-14-38)26-7-8-29(32(40)43-2)30(18-26)44-27-17-23-10-12-36-31(23)37-20-27/h3-8,10,12,17-18,20H,9,11,13-16,19,21H2,1-2H3,(H,36,37)(H,41,42)/t34-/m1/s1. The molecule has 0 unspecified atom stereocenters. The van der Waals surface area contributed by atoms with Gasteiger partial charge < -0.3 is 24.5 Å². The van der Waals surface area contributed by atoms with Crippen LogP contribution in [0.5, 0.6) is 11.5 Å². The Morgan fingerprint density at radius 1 is 1.07 bits per heavy atom. The molecule has 44 heavy (non-hydrogen) atoms. The summed E-state index contributed by atoms with van der Waals surface area (Å²) in [6.45, 7) is 5.74. The van der Waals surface area contributed by atoms with Crippen molar-refractivity contribution in [1.29, 1.82) is 0 Å². The van der Waals surface area contributed by atoms with E-state index in [-0.39, 0.29) is 0 Å². The number of anilines is 1. The predicted molar refractivity (Wildman–Crippen MR) is 171 cm³/mol. The highest BCUT2D eigenvalue weighted by Crippen LogP contribution is 2.43. The molecule has 0 spiro atoms. The molecule has 0 radical (unpaired) electrons. The summed E-state index contributed by atoms with van der Waals surface area (Å²) < 4.78 is 11.2. The number of rotatable bonds is 8. The fourth-order valence-corrected chi connectivity index (χ4v) is 6.31. The number of carboxylic acids is 1. The van der Waals surface area contributed by atoms with Crippen LogP contribution in [0.4, 0.5) is 5.69 Å². The van der Waals surface area contributed by atoms with E-state index in [1.807, 2.05) is 61.7 Å². The maximum atomic E-state index is 12.6. The van der Waals surface area contributed by atoms with E-state index in [1.54, 1.807) is 12.3 Å². The van der Waals surface area contributed by atoms with Crippen LogP contribution in [0.15, 0.2) is 72.6 Å². The number of aromatic nitrogens is 2. The molecular formula is C34H35ClN4O5. The van der Waals surface area contributed by atoms with Gasteiger partial charge in [0.15, 0.2) is 0 Å². The van der Waals surface area contributed by atoms with Gasteiger partial charge in [-0.1, -0.05) is 29.3 Å². The second-order valence-electron chi connectivity index (χ2n) is 11.8. The molecule has 2 aliphatic rings. The van der Waals surface area contributed by atoms with Crippen LogP contribution in [0.1, 0.15) is 42.1 Å². The topological polar surface area (TPSA) is 108 Å². The number of piperazine rings is 1. The number of methoxy groups -OCH3 is 1. The molecule has 1 aliphatic carbocycles. The highest BCUT2D eigenvalue weighted by atomic mass is 35.5. The lowest BCUT2D eigenvalue weighted by Gasteiger charge is -2.39. The molecule has 2 aromatic carbocycles. The summed E-state index contributed by atoms with van der Waals surface area (Å²) in [5.74, 6) is -0.291. The number of aliphatic carboxylic acids is 1. The summed E-state index contributed by atoms with van der Waals surface area (Å²) in [4.78, 5) is 36.9. The van der Waals surface area contributed by atoms with Crippen molar-refractivity contribution in [1.82, 2.24) is 14.9 Å². The minimum absolute atomic E-state index is 0.337. The monoisotopic (exact) mass is 614 g/mol. The van der Waals surface area contributed by atoms with Gasteiger partial charge >= 0.3 is 11.9 Å². The third-order valence-corrected chi connectivity index (χ3v) is 9.04. The quantitative estimate of drug-likeness (QED) is 0.213. The van der Waals surface area contributed by atoms with Crippen LogP contribution in [0.25, 0.3) is 16.6 Å². The molecule has 4 aromatic rings. The average Bonchev–Trinajstić information content (AvgIpc) is 3.50. The molecule has 0 amide bonds. The van der Waals surface area contributed by atoms with E-state index in [4.69, 9.17) is 21.1 Å². The van der Waals surface area contributed by atoms with Crippen LogP contribution < -0.4 is 9.64 Å². The first-order valence-electron chi connectivity index (χ1n) is 14.7. The van der Waals surface area contributed by atoms with Gasteiger partial charge in [0.1, 0.15) is 22.7 Å². The second-order valence-corrected chi connectivity index (χ2v) is 12.2. The zero-order chi connectivity index (χ0) is 30.8. The van der Waals surface area contributed by atoms with E-state index >= 15 is 0 Å². The molecule has 2 N–H and O–H groups in total. The average molecular weight is 615 g/mol. The summed E-state index contributed by atoms with van der Waals surface area (Å²) in [6, 6.07) is 17.2. The first kappa shape index (κ1) is 29.7. The van der Waals surface area contributed by atoms with Crippen molar-refractivity contribution in [2.24, 2.45) is 5.41 Å². The lowest BCUT2D eigenvalue weighted by molar-refractivity contribution is -0.148. The Kier molecular flexibility index (Phi) is 8.33. The number of carboxylic acid groups (broad SMARTS) is 1. The molecule has 6 rings (SSSR count). The Morgan fingerprint density at radius 3 is 2.57 bits per heavy atom. The van der Waals surface area contributed by atoms with Gasteiger partial charge in [0.25, 0.3) is 0 Å². The highest BCUT2D eigenvalue weighted by molar-refractivity contribution is 6.30. The molecule has 1 atom stereocenters. The first-order valence-corrected chi connectivity index (χ1v) is 15.1. The fraction of sp³-hybridized carbons (Fsp3) is 0.324. The normalized spacial score (nSPS) is 19.3. The Morgan fingerprint density at radius 2 is 1.84 bits per heavy atom. The minimum atomic E-state index is -0.772. The van der Waals surface area contributed by atoms with Crippen molar-refractivity contribution < 1.29 is 24.2 Å². The molecule has 1 fully saturated rings. The molecule has 0 saturated carbocycles. The molecule has 3 heterocycles. The van der Waals surface area contributed by atoms with Crippen LogP contribution in [0, 0.1) is 5.41 Å². The van der Waals surface area contributed by atoms with Crippen molar-refractivity contribution in [2.45, 2.75) is 26.2 Å². The number of esters is 1. The second kappa shape index (κ2) is 12.3. The molecule has 1 aliphatic heterocycles. The van der Waals surface area contributed by atoms with Crippen LogP contribution in [0.2, 0.25) is 5.02 Å². The Hall–Kier alpha value is -4.34. The number of allylic oxidation sites excluding steroid dienone is 1. The fourth-order valence-electron chi connectivity index (χ4n) is 6.18. The number of nitrogens with zero attached hydrogens (tertiary/aromatic N) is 3. The van der Waals surface area contributed by atoms with Gasteiger partial charge in [-0.05, 0) is 73.7 Å². The van der Waals surface area contributed by atoms with Gasteiger partial charge in [0.05, 0.1) is 18.7 Å². The van der Waals surface area contributed by atoms with E-state index < -0.39 is 17.4 Å². The van der Waals surface area contributed by atoms with Crippen molar-refractivity contribution in [3.63, 3.8) is 0 Å². The maximum Gasteiger partial charge on any atom is 0.341 e. The van der Waals surface area contributed by atoms with Crippen molar-refractivity contribution in [3.05, 3.63) is 88.7 Å². The minimum Gasteiger partial charge on any atom is -0.481 e. The number of carbonyl (C=O) groups is 2. The van der Waals surface area contributed by atoms with Crippen LogP contribution in [0.3, 0.4) is 0 Å². The maximum absolute atomic E-state index is 12.6. The van der Waals surface area contributed by atoms with Crippen molar-refractivity contribution in [3.8, 4) is 11.5 Å². The van der Waals surface area contributed by atoms with Gasteiger partial charge in [0.2, 0.25) is 0 Å². The van der Waals surface area contributed by atoms with Gasteiger partial charge in [-0.15, -0.1) is 0 Å². The van der Waals surface area contributed by atoms with Gasteiger partial charge in [-0.2, -0.15) is 0 Å². The molecule has 1 saturated heterocycles.